The first kappa shape index (κ1) is 13.8. The number of nitrogens with zero attached hydrogens (tertiary/aromatic N) is 4. The van der Waals surface area contributed by atoms with E-state index < -0.39 is 0 Å². The van der Waals surface area contributed by atoms with E-state index in [4.69, 9.17) is 9.26 Å². The quantitative estimate of drug-likeness (QED) is 0.788. The molecule has 0 unspecified atom stereocenters. The molecule has 0 saturated carbocycles. The Morgan fingerprint density at radius 2 is 2.17 bits per heavy atom. The predicted molar refractivity (Wildman–Crippen MR) is 82.7 cm³/mol. The normalized spacial score (nSPS) is 17.3. The molecule has 116 valence electrons. The van der Waals surface area contributed by atoms with Gasteiger partial charge in [-0.05, 0) is 25.1 Å². The SMILES string of the molecule is c1ccc(-c2nc(-c3cnccn3)no2)c(O[C@H]2CCNC2)c1. The summed E-state index contributed by atoms with van der Waals surface area (Å²) in [6, 6.07) is 7.67. The first-order chi connectivity index (χ1) is 11.4. The summed E-state index contributed by atoms with van der Waals surface area (Å²) in [6.07, 6.45) is 5.95. The average molecular weight is 309 g/mol. The van der Waals surface area contributed by atoms with Gasteiger partial charge >= 0.3 is 0 Å². The van der Waals surface area contributed by atoms with Gasteiger partial charge < -0.3 is 14.6 Å². The number of ether oxygens (including phenoxy) is 1. The molecule has 0 amide bonds. The van der Waals surface area contributed by atoms with Crippen molar-refractivity contribution in [3.05, 3.63) is 42.9 Å². The highest BCUT2D eigenvalue weighted by atomic mass is 16.5. The Morgan fingerprint density at radius 1 is 1.22 bits per heavy atom. The molecule has 1 aromatic carbocycles. The van der Waals surface area contributed by atoms with Crippen molar-refractivity contribution >= 4 is 0 Å². The highest BCUT2D eigenvalue weighted by Crippen LogP contribution is 2.30. The van der Waals surface area contributed by atoms with E-state index in [9.17, 15) is 0 Å². The Morgan fingerprint density at radius 3 is 3.00 bits per heavy atom. The number of rotatable bonds is 4. The van der Waals surface area contributed by atoms with Crippen LogP contribution in [0, 0.1) is 0 Å². The third-order valence-electron chi connectivity index (χ3n) is 3.64. The van der Waals surface area contributed by atoms with E-state index in [0.717, 1.165) is 30.8 Å². The summed E-state index contributed by atoms with van der Waals surface area (Å²) in [5.74, 6) is 1.56. The number of hydrogen-bond donors (Lipinski definition) is 1. The minimum absolute atomic E-state index is 0.165. The van der Waals surface area contributed by atoms with Crippen molar-refractivity contribution in [2.24, 2.45) is 0 Å². The Balaban J connectivity index is 1.64. The molecule has 0 aliphatic carbocycles. The number of nitrogens with one attached hydrogen (secondary N) is 1. The minimum Gasteiger partial charge on any atom is -0.488 e. The summed E-state index contributed by atoms with van der Waals surface area (Å²) < 4.78 is 11.4. The maximum absolute atomic E-state index is 6.06. The smallest absolute Gasteiger partial charge is 0.262 e. The van der Waals surface area contributed by atoms with Crippen LogP contribution in [0.2, 0.25) is 0 Å². The van der Waals surface area contributed by atoms with Gasteiger partial charge in [0.1, 0.15) is 17.5 Å². The molecule has 2 aromatic heterocycles. The monoisotopic (exact) mass is 309 g/mol. The van der Waals surface area contributed by atoms with Crippen LogP contribution in [0.3, 0.4) is 0 Å². The molecule has 1 atom stereocenters. The molecule has 3 heterocycles. The highest BCUT2D eigenvalue weighted by Gasteiger charge is 2.20. The minimum atomic E-state index is 0.165. The van der Waals surface area contributed by atoms with E-state index in [1.54, 1.807) is 18.6 Å². The summed E-state index contributed by atoms with van der Waals surface area (Å²) in [7, 11) is 0. The Kier molecular flexibility index (Phi) is 3.69. The van der Waals surface area contributed by atoms with Gasteiger partial charge in [0.05, 0.1) is 11.8 Å². The zero-order valence-corrected chi connectivity index (χ0v) is 12.3. The second-order valence-electron chi connectivity index (χ2n) is 5.24. The number of benzene rings is 1. The molecular weight excluding hydrogens is 294 g/mol. The highest BCUT2D eigenvalue weighted by molar-refractivity contribution is 5.64. The molecule has 7 heteroatoms. The third kappa shape index (κ3) is 2.91. The summed E-state index contributed by atoms with van der Waals surface area (Å²) >= 11 is 0. The summed E-state index contributed by atoms with van der Waals surface area (Å²) in [4.78, 5) is 12.6. The molecule has 1 saturated heterocycles. The van der Waals surface area contributed by atoms with Crippen molar-refractivity contribution in [3.63, 3.8) is 0 Å². The lowest BCUT2D eigenvalue weighted by Gasteiger charge is -2.14. The van der Waals surface area contributed by atoms with Crippen LogP contribution in [-0.4, -0.2) is 39.3 Å². The molecular formula is C16H15N5O2. The zero-order chi connectivity index (χ0) is 15.5. The van der Waals surface area contributed by atoms with Crippen LogP contribution < -0.4 is 10.1 Å². The van der Waals surface area contributed by atoms with Gasteiger partial charge in [-0.3, -0.25) is 4.98 Å². The molecule has 1 aliphatic rings. The van der Waals surface area contributed by atoms with Crippen molar-refractivity contribution < 1.29 is 9.26 Å². The molecule has 1 fully saturated rings. The summed E-state index contributed by atoms with van der Waals surface area (Å²) in [5.41, 5.74) is 1.35. The van der Waals surface area contributed by atoms with Gasteiger partial charge in [0, 0.05) is 18.9 Å². The van der Waals surface area contributed by atoms with E-state index in [0.29, 0.717) is 17.4 Å². The lowest BCUT2D eigenvalue weighted by molar-refractivity contribution is 0.223. The second-order valence-corrected chi connectivity index (χ2v) is 5.24. The standard InChI is InChI=1S/C16H15N5O2/c1-2-4-14(22-11-5-6-17-9-11)12(3-1)16-20-15(21-23-16)13-10-18-7-8-19-13/h1-4,7-8,10-11,17H,5-6,9H2/t11-/m0/s1. The van der Waals surface area contributed by atoms with E-state index in [2.05, 4.69) is 25.4 Å². The molecule has 1 aliphatic heterocycles. The van der Waals surface area contributed by atoms with Crippen molar-refractivity contribution in [1.82, 2.24) is 25.4 Å². The number of aromatic nitrogens is 4. The van der Waals surface area contributed by atoms with Gasteiger partial charge in [-0.2, -0.15) is 4.98 Å². The first-order valence-corrected chi connectivity index (χ1v) is 7.47. The van der Waals surface area contributed by atoms with Crippen LogP contribution >= 0.6 is 0 Å². The van der Waals surface area contributed by atoms with Crippen LogP contribution in [-0.2, 0) is 0 Å². The summed E-state index contributed by atoms with van der Waals surface area (Å²) in [5, 5.41) is 7.27. The van der Waals surface area contributed by atoms with Gasteiger partial charge in [-0.1, -0.05) is 17.3 Å². The van der Waals surface area contributed by atoms with Crippen molar-refractivity contribution in [3.8, 4) is 28.7 Å². The van der Waals surface area contributed by atoms with Crippen LogP contribution in [0.15, 0.2) is 47.4 Å². The van der Waals surface area contributed by atoms with Gasteiger partial charge in [0.15, 0.2) is 0 Å². The van der Waals surface area contributed by atoms with Gasteiger partial charge in [-0.25, -0.2) is 4.98 Å². The van der Waals surface area contributed by atoms with E-state index in [1.165, 1.54) is 0 Å². The fraction of sp³-hybridized carbons (Fsp3) is 0.250. The maximum Gasteiger partial charge on any atom is 0.262 e. The number of para-hydroxylation sites is 1. The largest absolute Gasteiger partial charge is 0.488 e. The molecule has 3 aromatic rings. The second kappa shape index (κ2) is 6.13. The fourth-order valence-corrected chi connectivity index (χ4v) is 2.51. The van der Waals surface area contributed by atoms with Crippen LogP contribution in [0.5, 0.6) is 5.75 Å². The van der Waals surface area contributed by atoms with E-state index >= 15 is 0 Å². The van der Waals surface area contributed by atoms with Crippen molar-refractivity contribution in [2.75, 3.05) is 13.1 Å². The first-order valence-electron chi connectivity index (χ1n) is 7.47. The fourth-order valence-electron chi connectivity index (χ4n) is 2.51. The zero-order valence-electron chi connectivity index (χ0n) is 12.3. The molecule has 0 spiro atoms. The molecule has 23 heavy (non-hydrogen) atoms. The Bertz CT molecular complexity index is 784. The van der Waals surface area contributed by atoms with Crippen LogP contribution in [0.4, 0.5) is 0 Å². The van der Waals surface area contributed by atoms with Gasteiger partial charge in [0.25, 0.3) is 5.89 Å². The van der Waals surface area contributed by atoms with Crippen LogP contribution in [0.1, 0.15) is 6.42 Å². The van der Waals surface area contributed by atoms with E-state index in [-0.39, 0.29) is 6.10 Å². The van der Waals surface area contributed by atoms with Crippen molar-refractivity contribution in [1.29, 1.82) is 0 Å². The lowest BCUT2D eigenvalue weighted by atomic mass is 10.2. The van der Waals surface area contributed by atoms with Crippen LogP contribution in [0.25, 0.3) is 23.0 Å². The Hall–Kier alpha value is -2.80. The topological polar surface area (TPSA) is 86.0 Å². The third-order valence-corrected chi connectivity index (χ3v) is 3.64. The molecule has 0 radical (unpaired) electrons. The van der Waals surface area contributed by atoms with Gasteiger partial charge in [0.2, 0.25) is 5.82 Å². The molecule has 7 nitrogen and oxygen atoms in total. The summed E-state index contributed by atoms with van der Waals surface area (Å²) in [6.45, 7) is 1.83. The lowest BCUT2D eigenvalue weighted by Crippen LogP contribution is -2.19. The maximum atomic E-state index is 6.06. The molecule has 0 bridgehead atoms. The average Bonchev–Trinajstić information content (AvgIpc) is 3.28. The van der Waals surface area contributed by atoms with Gasteiger partial charge in [-0.15, -0.1) is 0 Å². The molecule has 1 N–H and O–H groups in total. The predicted octanol–water partition coefficient (Wildman–Crippen LogP) is 1.93. The van der Waals surface area contributed by atoms with Crippen molar-refractivity contribution in [2.45, 2.75) is 12.5 Å². The van der Waals surface area contributed by atoms with E-state index in [1.807, 2.05) is 24.3 Å². The molecule has 4 rings (SSSR count). The Labute approximate surface area is 132 Å². The number of hydrogen-bond acceptors (Lipinski definition) is 7.